The van der Waals surface area contributed by atoms with Crippen molar-refractivity contribution < 1.29 is 24.0 Å². The van der Waals surface area contributed by atoms with Crippen molar-refractivity contribution in [1.82, 2.24) is 0 Å². The molecule has 2 aliphatic rings. The SMILES string of the molecule is COc1ccc(Br)cc1C[NH+]1CC[NH+](Cc2ccc3c(c2)OCO3)CC1. The van der Waals surface area contributed by atoms with E-state index in [1.165, 1.54) is 37.3 Å². The van der Waals surface area contributed by atoms with Crippen LogP contribution in [0.15, 0.2) is 40.9 Å². The number of benzene rings is 2. The van der Waals surface area contributed by atoms with Crippen LogP contribution in [0.1, 0.15) is 11.1 Å². The van der Waals surface area contributed by atoms with Crippen molar-refractivity contribution in [2.75, 3.05) is 40.1 Å². The van der Waals surface area contributed by atoms with Gasteiger partial charge in [-0.2, -0.15) is 0 Å². The Morgan fingerprint density at radius 3 is 2.42 bits per heavy atom. The minimum absolute atomic E-state index is 0.340. The molecule has 2 aromatic carbocycles. The first-order valence-electron chi connectivity index (χ1n) is 9.09. The van der Waals surface area contributed by atoms with Crippen molar-refractivity contribution in [3.05, 3.63) is 52.0 Å². The standard InChI is InChI=1S/C20H23BrN2O3/c1-24-18-5-3-17(21)11-16(18)13-23-8-6-22(7-9-23)12-15-2-4-19-20(10-15)26-14-25-19/h2-5,10-11H,6-9,12-14H2,1H3/p+2. The second-order valence-corrected chi connectivity index (χ2v) is 7.91. The molecule has 6 heteroatoms. The van der Waals surface area contributed by atoms with Crippen LogP contribution in [0, 0.1) is 0 Å². The number of hydrogen-bond donors (Lipinski definition) is 2. The first kappa shape index (κ1) is 17.6. The summed E-state index contributed by atoms with van der Waals surface area (Å²) in [7, 11) is 1.75. The van der Waals surface area contributed by atoms with Crippen LogP contribution in [0.25, 0.3) is 0 Å². The van der Waals surface area contributed by atoms with Crippen molar-refractivity contribution >= 4 is 15.9 Å². The van der Waals surface area contributed by atoms with E-state index in [2.05, 4.69) is 34.1 Å². The van der Waals surface area contributed by atoms with Crippen LogP contribution in [0.5, 0.6) is 17.2 Å². The molecule has 26 heavy (non-hydrogen) atoms. The number of methoxy groups -OCH3 is 1. The number of piperazine rings is 1. The minimum atomic E-state index is 0.340. The molecule has 2 heterocycles. The molecule has 0 amide bonds. The van der Waals surface area contributed by atoms with E-state index in [9.17, 15) is 0 Å². The Labute approximate surface area is 162 Å². The Morgan fingerprint density at radius 2 is 1.65 bits per heavy atom. The van der Waals surface area contributed by atoms with Crippen LogP contribution in [-0.2, 0) is 13.1 Å². The van der Waals surface area contributed by atoms with Crippen LogP contribution in [0.2, 0.25) is 0 Å². The highest BCUT2D eigenvalue weighted by Crippen LogP contribution is 2.32. The van der Waals surface area contributed by atoms with Crippen molar-refractivity contribution in [2.24, 2.45) is 0 Å². The van der Waals surface area contributed by atoms with Gasteiger partial charge in [-0.05, 0) is 36.4 Å². The third-order valence-corrected chi connectivity index (χ3v) is 5.73. The topological polar surface area (TPSA) is 36.6 Å². The fourth-order valence-corrected chi connectivity index (χ4v) is 4.21. The maximum Gasteiger partial charge on any atom is 0.231 e. The van der Waals surface area contributed by atoms with Crippen molar-refractivity contribution in [3.8, 4) is 17.2 Å². The fraction of sp³-hybridized carbons (Fsp3) is 0.400. The Hall–Kier alpha value is -1.76. The highest BCUT2D eigenvalue weighted by Gasteiger charge is 2.25. The van der Waals surface area contributed by atoms with Gasteiger partial charge in [0.1, 0.15) is 45.0 Å². The molecule has 0 bridgehead atoms. The number of halogens is 1. The van der Waals surface area contributed by atoms with E-state index in [-0.39, 0.29) is 0 Å². The third-order valence-electron chi connectivity index (χ3n) is 5.24. The monoisotopic (exact) mass is 420 g/mol. The number of quaternary nitrogens is 2. The van der Waals surface area contributed by atoms with Crippen LogP contribution in [0.3, 0.4) is 0 Å². The maximum atomic E-state index is 5.52. The molecule has 0 radical (unpaired) electrons. The highest BCUT2D eigenvalue weighted by molar-refractivity contribution is 9.10. The smallest absolute Gasteiger partial charge is 0.231 e. The van der Waals surface area contributed by atoms with Gasteiger partial charge in [0.15, 0.2) is 11.5 Å². The van der Waals surface area contributed by atoms with Crippen molar-refractivity contribution in [2.45, 2.75) is 13.1 Å². The van der Waals surface area contributed by atoms with Crippen LogP contribution in [-0.4, -0.2) is 40.1 Å². The lowest BCUT2D eigenvalue weighted by Gasteiger charge is -2.30. The van der Waals surface area contributed by atoms with Crippen molar-refractivity contribution in [3.63, 3.8) is 0 Å². The predicted molar refractivity (Wildman–Crippen MR) is 102 cm³/mol. The summed E-state index contributed by atoms with van der Waals surface area (Å²) in [5, 5.41) is 0. The Balaban J connectivity index is 1.32. The van der Waals surface area contributed by atoms with E-state index < -0.39 is 0 Å². The van der Waals surface area contributed by atoms with Crippen LogP contribution < -0.4 is 24.0 Å². The Bertz CT molecular complexity index is 776. The molecule has 0 saturated carbocycles. The zero-order valence-corrected chi connectivity index (χ0v) is 16.6. The third kappa shape index (κ3) is 3.98. The van der Waals surface area contributed by atoms with E-state index in [1.54, 1.807) is 16.9 Å². The van der Waals surface area contributed by atoms with Crippen LogP contribution in [0.4, 0.5) is 0 Å². The normalized spacial score (nSPS) is 21.6. The van der Waals surface area contributed by atoms with E-state index >= 15 is 0 Å². The molecular weight excluding hydrogens is 396 g/mol. The van der Waals surface area contributed by atoms with Gasteiger partial charge < -0.3 is 24.0 Å². The molecule has 2 N–H and O–H groups in total. The summed E-state index contributed by atoms with van der Waals surface area (Å²) in [6.45, 7) is 7.11. The molecule has 0 aromatic heterocycles. The summed E-state index contributed by atoms with van der Waals surface area (Å²) in [5.74, 6) is 2.73. The molecule has 4 rings (SSSR count). The van der Waals surface area contributed by atoms with Gasteiger partial charge in [0.25, 0.3) is 0 Å². The largest absolute Gasteiger partial charge is 0.496 e. The number of rotatable bonds is 5. The summed E-state index contributed by atoms with van der Waals surface area (Å²) in [6, 6.07) is 12.6. The van der Waals surface area contributed by atoms with E-state index in [4.69, 9.17) is 14.2 Å². The molecule has 0 unspecified atom stereocenters. The Kier molecular flexibility index (Phi) is 5.33. The highest BCUT2D eigenvalue weighted by atomic mass is 79.9. The lowest BCUT2D eigenvalue weighted by Crippen LogP contribution is -3.27. The van der Waals surface area contributed by atoms with Crippen LogP contribution >= 0.6 is 15.9 Å². The van der Waals surface area contributed by atoms with Gasteiger partial charge in [0.05, 0.1) is 7.11 Å². The van der Waals surface area contributed by atoms with E-state index in [0.717, 1.165) is 34.8 Å². The van der Waals surface area contributed by atoms with Gasteiger partial charge in [-0.15, -0.1) is 0 Å². The second-order valence-electron chi connectivity index (χ2n) is 7.00. The molecule has 0 aliphatic carbocycles. The lowest BCUT2D eigenvalue weighted by molar-refractivity contribution is -1.02. The number of ether oxygens (including phenoxy) is 3. The summed E-state index contributed by atoms with van der Waals surface area (Å²) >= 11 is 3.57. The fourth-order valence-electron chi connectivity index (χ4n) is 3.80. The quantitative estimate of drug-likeness (QED) is 0.746. The van der Waals surface area contributed by atoms with Gasteiger partial charge in [0.2, 0.25) is 6.79 Å². The molecule has 1 saturated heterocycles. The summed E-state index contributed by atoms with van der Waals surface area (Å²) in [4.78, 5) is 3.25. The van der Waals surface area contributed by atoms with Gasteiger partial charge >= 0.3 is 0 Å². The lowest BCUT2D eigenvalue weighted by atomic mass is 10.1. The summed E-state index contributed by atoms with van der Waals surface area (Å²) in [5.41, 5.74) is 2.59. The molecule has 138 valence electrons. The summed E-state index contributed by atoms with van der Waals surface area (Å²) in [6.07, 6.45) is 0. The number of hydrogen-bond acceptors (Lipinski definition) is 3. The molecule has 1 fully saturated rings. The average molecular weight is 421 g/mol. The number of fused-ring (bicyclic) bond motifs is 1. The van der Waals surface area contributed by atoms with Gasteiger partial charge in [-0.25, -0.2) is 0 Å². The van der Waals surface area contributed by atoms with Gasteiger partial charge in [0, 0.05) is 15.6 Å². The van der Waals surface area contributed by atoms with Crippen molar-refractivity contribution in [1.29, 1.82) is 0 Å². The van der Waals surface area contributed by atoms with E-state index in [1.807, 2.05) is 18.2 Å². The van der Waals surface area contributed by atoms with Gasteiger partial charge in [-0.1, -0.05) is 15.9 Å². The number of nitrogens with one attached hydrogen (secondary N) is 2. The van der Waals surface area contributed by atoms with E-state index in [0.29, 0.717) is 6.79 Å². The zero-order chi connectivity index (χ0) is 17.9. The predicted octanol–water partition coefficient (Wildman–Crippen LogP) is 0.670. The first-order valence-corrected chi connectivity index (χ1v) is 9.88. The zero-order valence-electron chi connectivity index (χ0n) is 15.0. The molecule has 2 aromatic rings. The van der Waals surface area contributed by atoms with Gasteiger partial charge in [-0.3, -0.25) is 0 Å². The Morgan fingerprint density at radius 1 is 0.923 bits per heavy atom. The molecular formula is C20H25BrN2O3+2. The minimum Gasteiger partial charge on any atom is -0.496 e. The molecule has 0 spiro atoms. The molecule has 5 nitrogen and oxygen atoms in total. The maximum absolute atomic E-state index is 5.52. The summed E-state index contributed by atoms with van der Waals surface area (Å²) < 4.78 is 17.5. The average Bonchev–Trinajstić information content (AvgIpc) is 3.11. The molecule has 2 aliphatic heterocycles. The first-order chi connectivity index (χ1) is 12.7. The molecule has 0 atom stereocenters. The second kappa shape index (κ2) is 7.86.